The topological polar surface area (TPSA) is 56.5 Å². The maximum atomic E-state index is 5.17. The van der Waals surface area contributed by atoms with E-state index in [-0.39, 0.29) is 0 Å². The van der Waals surface area contributed by atoms with E-state index in [9.17, 15) is 0 Å². The van der Waals surface area contributed by atoms with Gasteiger partial charge in [0.2, 0.25) is 5.95 Å². The number of rotatable bonds is 4. The minimum absolute atomic E-state index is 0.572. The highest BCUT2D eigenvalue weighted by atomic mass is 15.2. The smallest absolute Gasteiger partial charge is 0.238 e. The van der Waals surface area contributed by atoms with Crippen molar-refractivity contribution >= 4 is 54.1 Å². The second-order valence-electron chi connectivity index (χ2n) is 12.3. The summed E-state index contributed by atoms with van der Waals surface area (Å²) >= 11 is 0. The number of hydrogen-bond donors (Lipinski definition) is 0. The van der Waals surface area contributed by atoms with Gasteiger partial charge in [-0.3, -0.25) is 9.55 Å². The molecule has 0 aliphatic rings. The quantitative estimate of drug-likeness (QED) is 0.183. The van der Waals surface area contributed by atoms with Gasteiger partial charge in [0.25, 0.3) is 0 Å². The molecule has 0 fully saturated rings. The van der Waals surface area contributed by atoms with Crippen molar-refractivity contribution in [1.82, 2.24) is 24.5 Å². The number of nitrogens with zero attached hydrogens (tertiary/aromatic N) is 5. The van der Waals surface area contributed by atoms with Gasteiger partial charge >= 0.3 is 0 Å². The molecule has 0 atom stereocenters. The number of pyridine rings is 1. The van der Waals surface area contributed by atoms with Gasteiger partial charge < -0.3 is 0 Å². The summed E-state index contributed by atoms with van der Waals surface area (Å²) in [7, 11) is 0. The van der Waals surface area contributed by atoms with Gasteiger partial charge in [-0.05, 0) is 68.7 Å². The molecular weight excluding hydrogens is 599 g/mol. The van der Waals surface area contributed by atoms with Gasteiger partial charge in [-0.15, -0.1) is 0 Å². The largest absolute Gasteiger partial charge is 0.278 e. The molecule has 0 unspecified atom stereocenters. The molecule has 10 aromatic rings. The monoisotopic (exact) mass is 625 g/mol. The maximum absolute atomic E-state index is 5.17. The van der Waals surface area contributed by atoms with Crippen molar-refractivity contribution < 1.29 is 0 Å². The highest BCUT2D eigenvalue weighted by molar-refractivity contribution is 6.28. The van der Waals surface area contributed by atoms with E-state index in [2.05, 4.69) is 94.5 Å². The Labute approximate surface area is 281 Å². The van der Waals surface area contributed by atoms with E-state index in [0.717, 1.165) is 44.2 Å². The van der Waals surface area contributed by atoms with E-state index in [4.69, 9.17) is 15.0 Å². The van der Waals surface area contributed by atoms with Gasteiger partial charge in [-0.25, -0.2) is 4.98 Å². The molecule has 3 heterocycles. The number of benzene rings is 7. The van der Waals surface area contributed by atoms with Crippen molar-refractivity contribution in [2.75, 3.05) is 0 Å². The molecule has 0 spiro atoms. The Balaban J connectivity index is 1.36. The molecule has 0 radical (unpaired) electrons. The Morgan fingerprint density at radius 2 is 0.878 bits per heavy atom. The van der Waals surface area contributed by atoms with Crippen molar-refractivity contribution in [3.63, 3.8) is 0 Å². The number of aromatic nitrogens is 5. The van der Waals surface area contributed by atoms with Crippen molar-refractivity contribution in [2.45, 2.75) is 0 Å². The normalized spacial score (nSPS) is 11.7. The van der Waals surface area contributed by atoms with Crippen LogP contribution in [0.5, 0.6) is 0 Å². The first-order chi connectivity index (χ1) is 24.3. The van der Waals surface area contributed by atoms with Crippen molar-refractivity contribution in [2.24, 2.45) is 0 Å². The van der Waals surface area contributed by atoms with Crippen molar-refractivity contribution in [3.05, 3.63) is 164 Å². The minimum atomic E-state index is 0.572. The molecule has 49 heavy (non-hydrogen) atoms. The van der Waals surface area contributed by atoms with Crippen LogP contribution in [0.2, 0.25) is 0 Å². The Morgan fingerprint density at radius 3 is 1.47 bits per heavy atom. The Kier molecular flexibility index (Phi) is 6.11. The second-order valence-corrected chi connectivity index (χ2v) is 12.3. The van der Waals surface area contributed by atoms with E-state index in [0.29, 0.717) is 17.6 Å². The molecule has 0 saturated carbocycles. The van der Waals surface area contributed by atoms with Crippen LogP contribution in [0, 0.1) is 0 Å². The molecule has 0 N–H and O–H groups in total. The third-order valence-electron chi connectivity index (χ3n) is 9.48. The minimum Gasteiger partial charge on any atom is -0.278 e. The summed E-state index contributed by atoms with van der Waals surface area (Å²) in [6.07, 6.45) is 1.84. The second kappa shape index (κ2) is 10.9. The summed E-state index contributed by atoms with van der Waals surface area (Å²) in [6, 6.07) is 55.0. The Bertz CT molecular complexity index is 2800. The first-order valence-corrected chi connectivity index (χ1v) is 16.4. The first-order valence-electron chi connectivity index (χ1n) is 16.4. The fourth-order valence-corrected chi connectivity index (χ4v) is 7.22. The summed E-state index contributed by atoms with van der Waals surface area (Å²) < 4.78 is 2.21. The van der Waals surface area contributed by atoms with Crippen LogP contribution in [-0.2, 0) is 0 Å². The molecule has 5 heteroatoms. The van der Waals surface area contributed by atoms with Crippen LogP contribution < -0.4 is 0 Å². The summed E-state index contributed by atoms with van der Waals surface area (Å²) in [6.45, 7) is 0. The molecule has 0 aliphatic carbocycles. The molecule has 0 aliphatic heterocycles. The lowest BCUT2D eigenvalue weighted by atomic mass is 9.93. The standard InChI is InChI=1S/C44H27N5/c1-3-13-28(14-4-1)42-46-43(29-15-5-2-6-16-29)48-44(47-42)49-40-23-22-30(39-21-11-12-24-45-39)25-37(40)38-26-35-33-19-9-7-17-31(33)32-18-8-10-20-34(32)36(35)27-41(38)49/h1-27H. The molecule has 0 saturated heterocycles. The van der Waals surface area contributed by atoms with Gasteiger partial charge in [0, 0.05) is 33.7 Å². The fraction of sp³-hybridized carbons (Fsp3) is 0. The first kappa shape index (κ1) is 27.4. The van der Waals surface area contributed by atoms with Crippen LogP contribution in [0.1, 0.15) is 0 Å². The van der Waals surface area contributed by atoms with Crippen molar-refractivity contribution in [3.8, 4) is 40.0 Å². The average molecular weight is 626 g/mol. The highest BCUT2D eigenvalue weighted by Crippen LogP contribution is 2.41. The van der Waals surface area contributed by atoms with Crippen LogP contribution >= 0.6 is 0 Å². The molecule has 3 aromatic heterocycles. The van der Waals surface area contributed by atoms with E-state index >= 15 is 0 Å². The van der Waals surface area contributed by atoms with Gasteiger partial charge in [0.1, 0.15) is 0 Å². The van der Waals surface area contributed by atoms with Crippen LogP contribution in [0.25, 0.3) is 94.1 Å². The number of hydrogen-bond acceptors (Lipinski definition) is 4. The summed E-state index contributed by atoms with van der Waals surface area (Å²) in [4.78, 5) is 20.0. The van der Waals surface area contributed by atoms with Gasteiger partial charge in [0.15, 0.2) is 11.6 Å². The molecule has 0 amide bonds. The molecule has 10 rings (SSSR count). The van der Waals surface area contributed by atoms with Gasteiger partial charge in [0.05, 0.1) is 16.7 Å². The summed E-state index contributed by atoms with van der Waals surface area (Å²) in [5, 5.41) is 9.59. The predicted octanol–water partition coefficient (Wildman–Crippen LogP) is 10.8. The highest BCUT2D eigenvalue weighted by Gasteiger charge is 2.20. The van der Waals surface area contributed by atoms with Crippen LogP contribution in [0.3, 0.4) is 0 Å². The molecular formula is C44H27N5. The lowest BCUT2D eigenvalue weighted by Crippen LogP contribution is -2.06. The van der Waals surface area contributed by atoms with Crippen LogP contribution in [0.15, 0.2) is 164 Å². The van der Waals surface area contributed by atoms with Crippen LogP contribution in [0.4, 0.5) is 0 Å². The Hall–Kier alpha value is -6.72. The van der Waals surface area contributed by atoms with Crippen LogP contribution in [-0.4, -0.2) is 24.5 Å². The summed E-state index contributed by atoms with van der Waals surface area (Å²) in [5.41, 5.74) is 5.91. The predicted molar refractivity (Wildman–Crippen MR) is 201 cm³/mol. The maximum Gasteiger partial charge on any atom is 0.238 e. The fourth-order valence-electron chi connectivity index (χ4n) is 7.22. The molecule has 228 valence electrons. The van der Waals surface area contributed by atoms with E-state index in [1.54, 1.807) is 0 Å². The lowest BCUT2D eigenvalue weighted by molar-refractivity contribution is 0.954. The molecule has 5 nitrogen and oxygen atoms in total. The number of fused-ring (bicyclic) bond motifs is 9. The molecule has 0 bridgehead atoms. The third kappa shape index (κ3) is 4.40. The van der Waals surface area contributed by atoms with Gasteiger partial charge in [-0.1, -0.05) is 121 Å². The molecule has 7 aromatic carbocycles. The van der Waals surface area contributed by atoms with E-state index in [1.165, 1.54) is 32.3 Å². The zero-order valence-electron chi connectivity index (χ0n) is 26.3. The zero-order valence-corrected chi connectivity index (χ0v) is 26.3. The van der Waals surface area contributed by atoms with Crippen molar-refractivity contribution in [1.29, 1.82) is 0 Å². The van der Waals surface area contributed by atoms with Gasteiger partial charge in [-0.2, -0.15) is 9.97 Å². The van der Waals surface area contributed by atoms with E-state index < -0.39 is 0 Å². The Morgan fingerprint density at radius 1 is 0.347 bits per heavy atom. The zero-order chi connectivity index (χ0) is 32.3. The third-order valence-corrected chi connectivity index (χ3v) is 9.48. The lowest BCUT2D eigenvalue weighted by Gasteiger charge is -2.13. The van der Waals surface area contributed by atoms with E-state index in [1.807, 2.05) is 79.0 Å². The SMILES string of the molecule is c1ccc(-c2nc(-c3ccccc3)nc(-n3c4ccc(-c5ccccn5)cc4c4cc5c6ccccc6c6ccccc6c5cc43)n2)cc1. The summed E-state index contributed by atoms with van der Waals surface area (Å²) in [5.74, 6) is 1.83. The average Bonchev–Trinajstić information content (AvgIpc) is 3.51.